The molecule has 0 aromatic heterocycles. The third kappa shape index (κ3) is 4.28. The van der Waals surface area contributed by atoms with E-state index in [1.807, 2.05) is 58.3 Å². The number of carbonyl (C=O) groups is 2. The molecule has 0 spiro atoms. The van der Waals surface area contributed by atoms with Crippen LogP contribution in [0, 0.1) is 11.8 Å². The van der Waals surface area contributed by atoms with E-state index >= 15 is 0 Å². The predicted molar refractivity (Wildman–Crippen MR) is 120 cm³/mol. The van der Waals surface area contributed by atoms with Crippen molar-refractivity contribution in [3.63, 3.8) is 0 Å². The van der Waals surface area contributed by atoms with Gasteiger partial charge in [0.2, 0.25) is 0 Å². The molecule has 0 saturated carbocycles. The molecule has 30 heavy (non-hydrogen) atoms. The lowest BCUT2D eigenvalue weighted by Gasteiger charge is -2.32. The van der Waals surface area contributed by atoms with Crippen LogP contribution in [0.5, 0.6) is 0 Å². The summed E-state index contributed by atoms with van der Waals surface area (Å²) in [7, 11) is 0. The van der Waals surface area contributed by atoms with E-state index in [9.17, 15) is 9.59 Å². The van der Waals surface area contributed by atoms with Gasteiger partial charge < -0.3 is 9.80 Å². The highest BCUT2D eigenvalue weighted by Gasteiger charge is 2.27. The highest BCUT2D eigenvalue weighted by Crippen LogP contribution is 2.31. The first-order valence-electron chi connectivity index (χ1n) is 11.3. The Balaban J connectivity index is 1.69. The molecule has 0 N–H and O–H groups in total. The number of amides is 2. The summed E-state index contributed by atoms with van der Waals surface area (Å²) in [6, 6.07) is 15.5. The molecule has 2 aromatic rings. The zero-order valence-electron chi connectivity index (χ0n) is 18.1. The minimum atomic E-state index is 0.0750. The van der Waals surface area contributed by atoms with Crippen molar-refractivity contribution >= 4 is 11.8 Å². The van der Waals surface area contributed by atoms with Gasteiger partial charge in [-0.05, 0) is 60.8 Å². The van der Waals surface area contributed by atoms with Crippen molar-refractivity contribution in [3.8, 4) is 11.1 Å². The lowest BCUT2D eigenvalue weighted by molar-refractivity contribution is 0.0675. The summed E-state index contributed by atoms with van der Waals surface area (Å²) < 4.78 is 0. The number of nitrogens with zero attached hydrogens (tertiary/aromatic N) is 2. The van der Waals surface area contributed by atoms with Crippen LogP contribution in [0.25, 0.3) is 11.1 Å². The summed E-state index contributed by atoms with van der Waals surface area (Å²) in [6.07, 6.45) is 4.46. The fourth-order valence-corrected chi connectivity index (χ4v) is 4.90. The number of benzene rings is 2. The standard InChI is InChI=1S/C26H32N2O2/c1-19-9-7-15-27(17-19)25(29)23-13-5-3-11-21(23)22-12-4-6-14-24(22)26(30)28-16-8-10-20(2)18-28/h3-6,11-14,19-20H,7-10,15-18H2,1-2H3. The molecule has 2 saturated heterocycles. The summed E-state index contributed by atoms with van der Waals surface area (Å²) in [5, 5.41) is 0. The fourth-order valence-electron chi connectivity index (χ4n) is 4.90. The van der Waals surface area contributed by atoms with Crippen molar-refractivity contribution < 1.29 is 9.59 Å². The van der Waals surface area contributed by atoms with Crippen LogP contribution in [-0.4, -0.2) is 47.8 Å². The summed E-state index contributed by atoms with van der Waals surface area (Å²) in [5.74, 6) is 1.21. The van der Waals surface area contributed by atoms with Crippen molar-refractivity contribution in [1.29, 1.82) is 0 Å². The van der Waals surface area contributed by atoms with Gasteiger partial charge in [0, 0.05) is 37.3 Å². The van der Waals surface area contributed by atoms with E-state index in [1.54, 1.807) is 0 Å². The van der Waals surface area contributed by atoms with E-state index < -0.39 is 0 Å². The van der Waals surface area contributed by atoms with Gasteiger partial charge in [0.15, 0.2) is 0 Å². The monoisotopic (exact) mass is 404 g/mol. The fraction of sp³-hybridized carbons (Fsp3) is 0.462. The zero-order chi connectivity index (χ0) is 21.1. The zero-order valence-corrected chi connectivity index (χ0v) is 18.1. The normalized spacial score (nSPS) is 22.1. The lowest BCUT2D eigenvalue weighted by atomic mass is 9.92. The highest BCUT2D eigenvalue weighted by atomic mass is 16.2. The van der Waals surface area contributed by atoms with Crippen LogP contribution in [0.15, 0.2) is 48.5 Å². The summed E-state index contributed by atoms with van der Waals surface area (Å²) in [6.45, 7) is 7.64. The third-order valence-corrected chi connectivity index (χ3v) is 6.49. The Morgan fingerprint density at radius 3 is 1.50 bits per heavy atom. The Bertz CT molecular complexity index is 847. The minimum absolute atomic E-state index is 0.0750. The van der Waals surface area contributed by atoms with E-state index in [-0.39, 0.29) is 11.8 Å². The molecule has 2 aliphatic heterocycles. The van der Waals surface area contributed by atoms with Gasteiger partial charge in [0.25, 0.3) is 11.8 Å². The summed E-state index contributed by atoms with van der Waals surface area (Å²) in [5.41, 5.74) is 3.10. The number of likely N-dealkylation sites (tertiary alicyclic amines) is 2. The molecule has 2 unspecified atom stereocenters. The molecular weight excluding hydrogens is 372 g/mol. The van der Waals surface area contributed by atoms with Crippen molar-refractivity contribution in [1.82, 2.24) is 9.80 Å². The van der Waals surface area contributed by atoms with Crippen LogP contribution in [0.3, 0.4) is 0 Å². The van der Waals surface area contributed by atoms with Crippen molar-refractivity contribution in [3.05, 3.63) is 59.7 Å². The molecule has 2 fully saturated rings. The Hall–Kier alpha value is -2.62. The SMILES string of the molecule is CC1CCCN(C(=O)c2ccccc2-c2ccccc2C(=O)N2CCCC(C)C2)C1. The molecule has 4 rings (SSSR count). The molecule has 2 aromatic carbocycles. The topological polar surface area (TPSA) is 40.6 Å². The first-order chi connectivity index (χ1) is 14.5. The molecule has 2 heterocycles. The molecule has 2 aliphatic rings. The Labute approximate surface area is 179 Å². The van der Waals surface area contributed by atoms with E-state index in [0.717, 1.165) is 50.1 Å². The number of hydrogen-bond donors (Lipinski definition) is 0. The van der Waals surface area contributed by atoms with Crippen molar-refractivity contribution in [2.75, 3.05) is 26.2 Å². The molecule has 2 atom stereocenters. The maximum Gasteiger partial charge on any atom is 0.254 e. The van der Waals surface area contributed by atoms with Crippen LogP contribution in [0.1, 0.15) is 60.2 Å². The van der Waals surface area contributed by atoms with E-state index in [2.05, 4.69) is 13.8 Å². The second-order valence-corrected chi connectivity index (χ2v) is 9.09. The average molecular weight is 405 g/mol. The maximum atomic E-state index is 13.4. The van der Waals surface area contributed by atoms with Crippen LogP contribution in [0.4, 0.5) is 0 Å². The first-order valence-corrected chi connectivity index (χ1v) is 11.3. The van der Waals surface area contributed by atoms with Crippen LogP contribution < -0.4 is 0 Å². The molecule has 0 bridgehead atoms. The van der Waals surface area contributed by atoms with E-state index in [1.165, 1.54) is 12.8 Å². The van der Waals surface area contributed by atoms with Crippen LogP contribution >= 0.6 is 0 Å². The molecule has 4 heteroatoms. The van der Waals surface area contributed by atoms with Gasteiger partial charge in [-0.15, -0.1) is 0 Å². The van der Waals surface area contributed by atoms with Crippen molar-refractivity contribution in [2.45, 2.75) is 39.5 Å². The number of hydrogen-bond acceptors (Lipinski definition) is 2. The third-order valence-electron chi connectivity index (χ3n) is 6.49. The van der Waals surface area contributed by atoms with Crippen molar-refractivity contribution in [2.24, 2.45) is 11.8 Å². The van der Waals surface area contributed by atoms with Gasteiger partial charge >= 0.3 is 0 Å². The molecule has 158 valence electrons. The van der Waals surface area contributed by atoms with Gasteiger partial charge in [-0.1, -0.05) is 50.2 Å². The van der Waals surface area contributed by atoms with Crippen LogP contribution in [-0.2, 0) is 0 Å². The quantitative estimate of drug-likeness (QED) is 0.714. The van der Waals surface area contributed by atoms with Gasteiger partial charge in [-0.2, -0.15) is 0 Å². The number of rotatable bonds is 3. The molecule has 2 amide bonds. The molecule has 0 aliphatic carbocycles. The first kappa shape index (κ1) is 20.6. The molecule has 4 nitrogen and oxygen atoms in total. The highest BCUT2D eigenvalue weighted by molar-refractivity contribution is 6.06. The number of piperidine rings is 2. The Morgan fingerprint density at radius 1 is 0.700 bits per heavy atom. The van der Waals surface area contributed by atoms with Gasteiger partial charge in [0.05, 0.1) is 0 Å². The van der Waals surface area contributed by atoms with Gasteiger partial charge in [-0.25, -0.2) is 0 Å². The van der Waals surface area contributed by atoms with E-state index in [4.69, 9.17) is 0 Å². The van der Waals surface area contributed by atoms with E-state index in [0.29, 0.717) is 23.0 Å². The predicted octanol–water partition coefficient (Wildman–Crippen LogP) is 5.10. The van der Waals surface area contributed by atoms with Gasteiger partial charge in [-0.3, -0.25) is 9.59 Å². The smallest absolute Gasteiger partial charge is 0.254 e. The summed E-state index contributed by atoms with van der Waals surface area (Å²) >= 11 is 0. The largest absolute Gasteiger partial charge is 0.338 e. The molecular formula is C26H32N2O2. The minimum Gasteiger partial charge on any atom is -0.338 e. The second kappa shape index (κ2) is 9.03. The lowest BCUT2D eigenvalue weighted by Crippen LogP contribution is -2.39. The Morgan fingerprint density at radius 2 is 1.10 bits per heavy atom. The average Bonchev–Trinajstić information content (AvgIpc) is 2.78. The summed E-state index contributed by atoms with van der Waals surface area (Å²) in [4.78, 5) is 30.7. The molecule has 0 radical (unpaired) electrons. The van der Waals surface area contributed by atoms with Crippen LogP contribution in [0.2, 0.25) is 0 Å². The maximum absolute atomic E-state index is 13.4. The number of carbonyl (C=O) groups excluding carboxylic acids is 2. The second-order valence-electron chi connectivity index (χ2n) is 9.09. The Kier molecular flexibility index (Phi) is 6.21. The van der Waals surface area contributed by atoms with Gasteiger partial charge in [0.1, 0.15) is 0 Å².